The van der Waals surface area contributed by atoms with Crippen molar-refractivity contribution in [1.29, 1.82) is 0 Å². The number of anilines is 1. The monoisotopic (exact) mass is 404 g/mol. The molecule has 1 aliphatic heterocycles. The van der Waals surface area contributed by atoms with Crippen molar-refractivity contribution in [2.45, 2.75) is 77.6 Å². The van der Waals surface area contributed by atoms with Gasteiger partial charge in [-0.2, -0.15) is 5.10 Å². The van der Waals surface area contributed by atoms with E-state index >= 15 is 0 Å². The van der Waals surface area contributed by atoms with Crippen molar-refractivity contribution >= 4 is 22.5 Å². The minimum absolute atomic E-state index is 0.316. The number of hydrogen-bond acceptors (Lipinski definition) is 2. The van der Waals surface area contributed by atoms with E-state index in [2.05, 4.69) is 53.0 Å². The summed E-state index contributed by atoms with van der Waals surface area (Å²) >= 11 is 0. The molecule has 2 N–H and O–H groups in total. The van der Waals surface area contributed by atoms with Gasteiger partial charge in [-0.15, -0.1) is 0 Å². The lowest BCUT2D eigenvalue weighted by molar-refractivity contribution is -0.123. The van der Waals surface area contributed by atoms with Gasteiger partial charge in [-0.05, 0) is 67.3 Å². The van der Waals surface area contributed by atoms with Crippen LogP contribution < -0.4 is 4.90 Å². The van der Waals surface area contributed by atoms with E-state index in [1.165, 1.54) is 22.1 Å². The van der Waals surface area contributed by atoms with Crippen molar-refractivity contribution in [1.82, 2.24) is 15.2 Å². The Bertz CT molecular complexity index is 1100. The molecule has 5 rings (SSSR count). The lowest BCUT2D eigenvalue weighted by Crippen LogP contribution is -2.40. The zero-order valence-corrected chi connectivity index (χ0v) is 18.4. The number of aromatic nitrogens is 3. The first-order valence-electron chi connectivity index (χ1n) is 11.7. The summed E-state index contributed by atoms with van der Waals surface area (Å²) in [5.74, 6) is 0.316. The van der Waals surface area contributed by atoms with Gasteiger partial charge in [0.2, 0.25) is 5.91 Å². The van der Waals surface area contributed by atoms with Crippen molar-refractivity contribution in [3.8, 4) is 11.4 Å². The van der Waals surface area contributed by atoms with E-state index in [1.807, 2.05) is 6.20 Å². The maximum atomic E-state index is 13.7. The summed E-state index contributed by atoms with van der Waals surface area (Å²) in [4.78, 5) is 19.5. The van der Waals surface area contributed by atoms with Crippen LogP contribution in [0.25, 0.3) is 22.3 Å². The number of fused-ring (bicyclic) bond motifs is 6. The Morgan fingerprint density at radius 2 is 1.90 bits per heavy atom. The highest BCUT2D eigenvalue weighted by Gasteiger charge is 2.49. The van der Waals surface area contributed by atoms with Crippen molar-refractivity contribution in [2.24, 2.45) is 0 Å². The summed E-state index contributed by atoms with van der Waals surface area (Å²) in [6.45, 7) is 7.35. The molecule has 0 unspecified atom stereocenters. The summed E-state index contributed by atoms with van der Waals surface area (Å²) in [5, 5.41) is 8.87. The average molecular weight is 405 g/mol. The smallest absolute Gasteiger partial charge is 0.237 e. The summed E-state index contributed by atoms with van der Waals surface area (Å²) in [5.41, 5.74) is 8.02. The van der Waals surface area contributed by atoms with E-state index < -0.39 is 0 Å². The number of amides is 1. The summed E-state index contributed by atoms with van der Waals surface area (Å²) in [7, 11) is 0. The van der Waals surface area contributed by atoms with Gasteiger partial charge in [0.05, 0.1) is 11.1 Å². The van der Waals surface area contributed by atoms with E-state index in [4.69, 9.17) is 0 Å². The number of nitrogens with zero attached hydrogens (tertiary/aromatic N) is 2. The second kappa shape index (κ2) is 7.29. The van der Waals surface area contributed by atoms with Crippen LogP contribution in [0.2, 0.25) is 0 Å². The molecule has 1 aromatic carbocycles. The topological polar surface area (TPSA) is 64.8 Å². The molecular formula is C25H32N4O. The van der Waals surface area contributed by atoms with E-state index in [-0.39, 0.29) is 5.41 Å². The van der Waals surface area contributed by atoms with E-state index in [0.717, 1.165) is 80.5 Å². The predicted octanol–water partition coefficient (Wildman–Crippen LogP) is 5.64. The molecule has 30 heavy (non-hydrogen) atoms. The number of hydrogen-bond donors (Lipinski definition) is 2. The molecule has 3 aromatic rings. The van der Waals surface area contributed by atoms with Crippen molar-refractivity contribution in [3.63, 3.8) is 0 Å². The molecule has 0 saturated heterocycles. The van der Waals surface area contributed by atoms with E-state index in [1.54, 1.807) is 0 Å². The predicted molar refractivity (Wildman–Crippen MR) is 122 cm³/mol. The zero-order valence-electron chi connectivity index (χ0n) is 18.4. The van der Waals surface area contributed by atoms with Crippen LogP contribution in [0.3, 0.4) is 0 Å². The molecule has 2 aromatic heterocycles. The maximum absolute atomic E-state index is 13.7. The minimum Gasteiger partial charge on any atom is -0.353 e. The highest BCUT2D eigenvalue weighted by Crippen LogP contribution is 2.50. The zero-order chi connectivity index (χ0) is 20.9. The van der Waals surface area contributed by atoms with E-state index in [0.29, 0.717) is 5.91 Å². The normalized spacial score (nSPS) is 17.2. The first-order valence-corrected chi connectivity index (χ1v) is 11.7. The molecule has 0 saturated carbocycles. The third-order valence-corrected chi connectivity index (χ3v) is 7.11. The van der Waals surface area contributed by atoms with Crippen LogP contribution >= 0.6 is 0 Å². The standard InChI is InChI=1S/C25H32N4O/c1-4-10-25(11-5-2)19-14-20-18(13-21(19)29(12-6-3)24(25)30)17-9-7-8-16-15-26-28-22(16)23(17)27-20/h13-15,27H,4-12H2,1-3H3,(H,26,28). The first-order chi connectivity index (χ1) is 14.6. The SMILES string of the molecule is CCCN1C(=O)C(CCC)(CCC)c2cc3[nH]c4c(c3cc21)CCCc1c[nH]nc1-4. The molecule has 3 heterocycles. The summed E-state index contributed by atoms with van der Waals surface area (Å²) in [6.07, 6.45) is 10.1. The fourth-order valence-electron chi connectivity index (χ4n) is 5.92. The molecule has 0 bridgehead atoms. The van der Waals surface area contributed by atoms with Gasteiger partial charge in [0.1, 0.15) is 5.69 Å². The van der Waals surface area contributed by atoms with Gasteiger partial charge >= 0.3 is 0 Å². The van der Waals surface area contributed by atoms with Crippen LogP contribution in [0.15, 0.2) is 18.3 Å². The Morgan fingerprint density at radius 1 is 1.10 bits per heavy atom. The number of nitrogens with one attached hydrogen (secondary N) is 2. The quantitative estimate of drug-likeness (QED) is 0.558. The molecule has 1 amide bonds. The highest BCUT2D eigenvalue weighted by atomic mass is 16.2. The Kier molecular flexibility index (Phi) is 4.72. The van der Waals surface area contributed by atoms with Gasteiger partial charge in [-0.3, -0.25) is 9.89 Å². The van der Waals surface area contributed by atoms with Gasteiger partial charge < -0.3 is 9.88 Å². The number of benzene rings is 1. The maximum Gasteiger partial charge on any atom is 0.237 e. The molecule has 0 radical (unpaired) electrons. The van der Waals surface area contributed by atoms with Gasteiger partial charge in [-0.25, -0.2) is 0 Å². The van der Waals surface area contributed by atoms with Gasteiger partial charge in [0, 0.05) is 29.3 Å². The molecule has 2 aliphatic rings. The van der Waals surface area contributed by atoms with Crippen molar-refractivity contribution < 1.29 is 4.79 Å². The molecule has 0 atom stereocenters. The molecule has 0 fully saturated rings. The Hall–Kier alpha value is -2.56. The Labute approximate surface area is 178 Å². The van der Waals surface area contributed by atoms with Gasteiger partial charge in [-0.1, -0.05) is 33.6 Å². The number of rotatable bonds is 6. The fourth-order valence-corrected chi connectivity index (χ4v) is 5.92. The molecule has 5 nitrogen and oxygen atoms in total. The minimum atomic E-state index is -0.373. The number of carbonyl (C=O) groups is 1. The lowest BCUT2D eigenvalue weighted by atomic mass is 9.74. The average Bonchev–Trinajstić information content (AvgIpc) is 3.36. The van der Waals surface area contributed by atoms with Crippen LogP contribution in [0.5, 0.6) is 0 Å². The van der Waals surface area contributed by atoms with Crippen LogP contribution in [0.4, 0.5) is 5.69 Å². The molecule has 0 spiro atoms. The number of aromatic amines is 2. The van der Waals surface area contributed by atoms with Crippen LogP contribution in [-0.2, 0) is 23.1 Å². The second-order valence-electron chi connectivity index (χ2n) is 9.05. The summed E-state index contributed by atoms with van der Waals surface area (Å²) < 4.78 is 0. The van der Waals surface area contributed by atoms with Crippen LogP contribution in [0.1, 0.15) is 76.0 Å². The van der Waals surface area contributed by atoms with Gasteiger partial charge in [0.15, 0.2) is 0 Å². The van der Waals surface area contributed by atoms with E-state index in [9.17, 15) is 4.79 Å². The second-order valence-corrected chi connectivity index (χ2v) is 9.05. The van der Waals surface area contributed by atoms with Crippen LogP contribution in [0, 0.1) is 0 Å². The largest absolute Gasteiger partial charge is 0.353 e. The molecule has 5 heteroatoms. The van der Waals surface area contributed by atoms with Gasteiger partial charge in [0.25, 0.3) is 0 Å². The molecule has 1 aliphatic carbocycles. The number of aryl methyl sites for hydroxylation is 2. The third-order valence-electron chi connectivity index (χ3n) is 7.11. The van der Waals surface area contributed by atoms with Crippen molar-refractivity contribution in [3.05, 3.63) is 35.0 Å². The molecule has 158 valence electrons. The Balaban J connectivity index is 1.76. The first kappa shape index (κ1) is 19.4. The van der Waals surface area contributed by atoms with Crippen LogP contribution in [-0.4, -0.2) is 27.6 Å². The highest BCUT2D eigenvalue weighted by molar-refractivity contribution is 6.11. The molecular weight excluding hydrogens is 372 g/mol. The number of carbonyl (C=O) groups excluding carboxylic acids is 1. The Morgan fingerprint density at radius 3 is 2.63 bits per heavy atom. The van der Waals surface area contributed by atoms with Crippen molar-refractivity contribution in [2.75, 3.05) is 11.4 Å². The number of H-pyrrole nitrogens is 2. The third kappa shape index (κ3) is 2.60. The lowest BCUT2D eigenvalue weighted by Gasteiger charge is -2.28. The fraction of sp³-hybridized carbons (Fsp3) is 0.520. The summed E-state index contributed by atoms with van der Waals surface area (Å²) in [6, 6.07) is 4.60.